The van der Waals surface area contributed by atoms with Crippen molar-refractivity contribution in [2.75, 3.05) is 12.8 Å². The lowest BCUT2D eigenvalue weighted by atomic mass is 9.99. The Morgan fingerprint density at radius 1 is 1.00 bits per heavy atom. The minimum absolute atomic E-state index is 0.0772. The third-order valence-corrected chi connectivity index (χ3v) is 4.42. The van der Waals surface area contributed by atoms with Crippen LogP contribution in [0, 0.1) is 0 Å². The molecule has 0 fully saturated rings. The van der Waals surface area contributed by atoms with E-state index in [0.717, 1.165) is 33.3 Å². The standard InChI is InChI=1S/C21H18N4O2/c1-27-21-18(22)5-7-19(25-21)13-3-6-20-17(10-13)16(8-9-23-20)14-2-4-15(12-26)24-11-14/h2-11,26H,12,22H2,1H3. The SMILES string of the molecule is COc1nc(-c2ccc3nccc(-c4ccc(CO)nc4)c3c2)ccc1N. The van der Waals surface area contributed by atoms with E-state index in [4.69, 9.17) is 10.5 Å². The molecule has 1 aromatic carbocycles. The largest absolute Gasteiger partial charge is 0.480 e. The number of aliphatic hydroxyl groups excluding tert-OH is 1. The lowest BCUT2D eigenvalue weighted by Crippen LogP contribution is -1.96. The average molecular weight is 358 g/mol. The molecule has 0 amide bonds. The minimum atomic E-state index is -0.0772. The topological polar surface area (TPSA) is 94.2 Å². The number of methoxy groups -OCH3 is 1. The Kier molecular flexibility index (Phi) is 4.40. The van der Waals surface area contributed by atoms with E-state index in [2.05, 4.69) is 21.0 Å². The fourth-order valence-corrected chi connectivity index (χ4v) is 3.01. The second-order valence-electron chi connectivity index (χ2n) is 6.08. The van der Waals surface area contributed by atoms with Gasteiger partial charge in [0, 0.05) is 28.9 Å². The van der Waals surface area contributed by atoms with Crippen LogP contribution < -0.4 is 10.5 Å². The van der Waals surface area contributed by atoms with Crippen LogP contribution in [0.2, 0.25) is 0 Å². The van der Waals surface area contributed by atoms with Crippen molar-refractivity contribution >= 4 is 16.6 Å². The lowest BCUT2D eigenvalue weighted by Gasteiger charge is -2.10. The molecule has 134 valence electrons. The number of anilines is 1. The molecule has 27 heavy (non-hydrogen) atoms. The van der Waals surface area contributed by atoms with Gasteiger partial charge >= 0.3 is 0 Å². The summed E-state index contributed by atoms with van der Waals surface area (Å²) in [6, 6.07) is 15.4. The highest BCUT2D eigenvalue weighted by molar-refractivity contribution is 5.96. The van der Waals surface area contributed by atoms with E-state index >= 15 is 0 Å². The maximum atomic E-state index is 9.20. The third-order valence-electron chi connectivity index (χ3n) is 4.42. The van der Waals surface area contributed by atoms with Crippen molar-refractivity contribution in [1.82, 2.24) is 15.0 Å². The van der Waals surface area contributed by atoms with Crippen molar-refractivity contribution in [1.29, 1.82) is 0 Å². The number of nitrogen functional groups attached to an aromatic ring is 1. The Morgan fingerprint density at radius 3 is 2.59 bits per heavy atom. The van der Waals surface area contributed by atoms with Crippen molar-refractivity contribution < 1.29 is 9.84 Å². The summed E-state index contributed by atoms with van der Waals surface area (Å²) in [6.07, 6.45) is 3.54. The molecule has 0 unspecified atom stereocenters. The highest BCUT2D eigenvalue weighted by Crippen LogP contribution is 2.31. The van der Waals surface area contributed by atoms with Crippen molar-refractivity contribution in [3.63, 3.8) is 0 Å². The average Bonchev–Trinajstić information content (AvgIpc) is 2.73. The number of hydrogen-bond donors (Lipinski definition) is 2. The van der Waals surface area contributed by atoms with E-state index < -0.39 is 0 Å². The first kappa shape index (κ1) is 16.9. The zero-order valence-electron chi connectivity index (χ0n) is 14.8. The third kappa shape index (κ3) is 3.18. The van der Waals surface area contributed by atoms with Crippen LogP contribution in [-0.4, -0.2) is 27.2 Å². The first-order chi connectivity index (χ1) is 13.2. The Labute approximate surface area is 156 Å². The quantitative estimate of drug-likeness (QED) is 0.580. The number of pyridine rings is 3. The molecular weight excluding hydrogens is 340 g/mol. The summed E-state index contributed by atoms with van der Waals surface area (Å²) >= 11 is 0. The highest BCUT2D eigenvalue weighted by atomic mass is 16.5. The number of nitrogens with zero attached hydrogens (tertiary/aromatic N) is 3. The monoisotopic (exact) mass is 358 g/mol. The summed E-state index contributed by atoms with van der Waals surface area (Å²) in [5.74, 6) is 0.405. The van der Waals surface area contributed by atoms with Crippen LogP contribution in [0.3, 0.4) is 0 Å². The molecule has 6 heteroatoms. The number of rotatable bonds is 4. The van der Waals surface area contributed by atoms with E-state index in [1.807, 2.05) is 36.4 Å². The normalized spacial score (nSPS) is 10.9. The van der Waals surface area contributed by atoms with Gasteiger partial charge in [0.2, 0.25) is 5.88 Å². The zero-order chi connectivity index (χ0) is 18.8. The first-order valence-electron chi connectivity index (χ1n) is 8.45. The molecule has 0 aliphatic rings. The van der Waals surface area contributed by atoms with Crippen LogP contribution in [0.5, 0.6) is 5.88 Å². The number of ether oxygens (including phenoxy) is 1. The second kappa shape index (κ2) is 7.01. The molecule has 0 aliphatic heterocycles. The van der Waals surface area contributed by atoms with Crippen LogP contribution >= 0.6 is 0 Å². The Hall–Kier alpha value is -3.51. The van der Waals surface area contributed by atoms with Crippen molar-refractivity contribution in [2.45, 2.75) is 6.61 Å². The van der Waals surface area contributed by atoms with Gasteiger partial charge in [-0.25, -0.2) is 4.98 Å². The summed E-state index contributed by atoms with van der Waals surface area (Å²) in [7, 11) is 1.55. The van der Waals surface area contributed by atoms with E-state index in [1.165, 1.54) is 0 Å². The molecule has 4 rings (SSSR count). The smallest absolute Gasteiger partial charge is 0.237 e. The Bertz CT molecular complexity index is 1110. The lowest BCUT2D eigenvalue weighted by molar-refractivity contribution is 0.277. The van der Waals surface area contributed by atoms with Crippen LogP contribution in [0.4, 0.5) is 5.69 Å². The van der Waals surface area contributed by atoms with E-state index in [-0.39, 0.29) is 6.61 Å². The van der Waals surface area contributed by atoms with Gasteiger partial charge in [-0.3, -0.25) is 9.97 Å². The van der Waals surface area contributed by atoms with Gasteiger partial charge in [0.1, 0.15) is 0 Å². The number of fused-ring (bicyclic) bond motifs is 1. The summed E-state index contributed by atoms with van der Waals surface area (Å²) in [5, 5.41) is 10.2. The molecule has 0 aliphatic carbocycles. The number of aromatic nitrogens is 3. The minimum Gasteiger partial charge on any atom is -0.480 e. The zero-order valence-corrected chi connectivity index (χ0v) is 14.8. The maximum Gasteiger partial charge on any atom is 0.237 e. The van der Waals surface area contributed by atoms with Gasteiger partial charge in [-0.1, -0.05) is 12.1 Å². The molecule has 0 saturated heterocycles. The fraction of sp³-hybridized carbons (Fsp3) is 0.0952. The number of aliphatic hydroxyl groups is 1. The summed E-state index contributed by atoms with van der Waals surface area (Å²) in [6.45, 7) is -0.0772. The van der Waals surface area contributed by atoms with Crippen molar-refractivity contribution in [3.05, 3.63) is 66.6 Å². The van der Waals surface area contributed by atoms with Gasteiger partial charge in [-0.15, -0.1) is 0 Å². The Balaban J connectivity index is 1.86. The maximum absolute atomic E-state index is 9.20. The van der Waals surface area contributed by atoms with Gasteiger partial charge in [0.15, 0.2) is 0 Å². The number of nitrogens with two attached hydrogens (primary N) is 1. The van der Waals surface area contributed by atoms with Gasteiger partial charge < -0.3 is 15.6 Å². The molecule has 6 nitrogen and oxygen atoms in total. The van der Waals surface area contributed by atoms with Gasteiger partial charge in [0.05, 0.1) is 36.3 Å². The van der Waals surface area contributed by atoms with Gasteiger partial charge in [0.25, 0.3) is 0 Å². The second-order valence-corrected chi connectivity index (χ2v) is 6.08. The fourth-order valence-electron chi connectivity index (χ4n) is 3.01. The molecular formula is C21H18N4O2. The van der Waals surface area contributed by atoms with Crippen LogP contribution in [0.1, 0.15) is 5.69 Å². The molecule has 4 aromatic rings. The van der Waals surface area contributed by atoms with E-state index in [0.29, 0.717) is 17.3 Å². The van der Waals surface area contributed by atoms with Gasteiger partial charge in [-0.05, 0) is 42.0 Å². The summed E-state index contributed by atoms with van der Waals surface area (Å²) in [5.41, 5.74) is 11.6. The van der Waals surface area contributed by atoms with E-state index in [9.17, 15) is 5.11 Å². The first-order valence-corrected chi connectivity index (χ1v) is 8.45. The highest BCUT2D eigenvalue weighted by Gasteiger charge is 2.10. The van der Waals surface area contributed by atoms with Crippen LogP contribution in [-0.2, 0) is 6.61 Å². The molecule has 3 N–H and O–H groups in total. The predicted molar refractivity (Wildman–Crippen MR) is 105 cm³/mol. The summed E-state index contributed by atoms with van der Waals surface area (Å²) in [4.78, 5) is 13.2. The molecule has 0 bridgehead atoms. The van der Waals surface area contributed by atoms with Crippen molar-refractivity contribution in [3.8, 4) is 28.3 Å². The molecule has 3 heterocycles. The number of hydrogen-bond acceptors (Lipinski definition) is 6. The summed E-state index contributed by atoms with van der Waals surface area (Å²) < 4.78 is 5.23. The van der Waals surface area contributed by atoms with E-state index in [1.54, 1.807) is 25.6 Å². The molecule has 0 saturated carbocycles. The van der Waals surface area contributed by atoms with Crippen LogP contribution in [0.25, 0.3) is 33.3 Å². The van der Waals surface area contributed by atoms with Crippen LogP contribution in [0.15, 0.2) is 60.9 Å². The molecule has 3 aromatic heterocycles. The van der Waals surface area contributed by atoms with Gasteiger partial charge in [-0.2, -0.15) is 0 Å². The predicted octanol–water partition coefficient (Wildman–Crippen LogP) is 3.44. The molecule has 0 spiro atoms. The molecule has 0 radical (unpaired) electrons. The number of benzene rings is 1. The molecule has 0 atom stereocenters. The van der Waals surface area contributed by atoms with Crippen molar-refractivity contribution in [2.24, 2.45) is 0 Å². The Morgan fingerprint density at radius 2 is 1.85 bits per heavy atom.